The number of carbonyl (C=O) groups is 1. The van der Waals surface area contributed by atoms with Gasteiger partial charge in [-0.3, -0.25) is 9.10 Å². The van der Waals surface area contributed by atoms with Gasteiger partial charge in [-0.1, -0.05) is 35.9 Å². The molecule has 0 aliphatic heterocycles. The summed E-state index contributed by atoms with van der Waals surface area (Å²) >= 11 is 1.81. The van der Waals surface area contributed by atoms with Gasteiger partial charge in [0, 0.05) is 18.4 Å². The summed E-state index contributed by atoms with van der Waals surface area (Å²) in [6.07, 6.45) is 0.786. The van der Waals surface area contributed by atoms with Gasteiger partial charge in [-0.05, 0) is 73.9 Å². The maximum Gasteiger partial charge on any atom is 0.264 e. The van der Waals surface area contributed by atoms with Crippen LogP contribution in [0.15, 0.2) is 65.6 Å². The molecule has 0 unspecified atom stereocenters. The van der Waals surface area contributed by atoms with E-state index in [-0.39, 0.29) is 17.3 Å². The lowest BCUT2D eigenvalue weighted by atomic mass is 10.1. The van der Waals surface area contributed by atoms with Gasteiger partial charge in [-0.25, -0.2) is 8.42 Å². The molecule has 0 bridgehead atoms. The van der Waals surface area contributed by atoms with Crippen molar-refractivity contribution < 1.29 is 22.7 Å². The third-order valence-electron chi connectivity index (χ3n) is 5.90. The van der Waals surface area contributed by atoms with E-state index in [1.807, 2.05) is 19.9 Å². The Bertz CT molecular complexity index is 1320. The Labute approximate surface area is 230 Å². The minimum atomic E-state index is -4.08. The molecule has 3 rings (SSSR count). The first kappa shape index (κ1) is 29.4. The number of anilines is 1. The molecular weight excluding hydrogens is 520 g/mol. The lowest BCUT2D eigenvalue weighted by Crippen LogP contribution is -2.41. The molecule has 0 spiro atoms. The number of hydrogen-bond donors (Lipinski definition) is 1. The Morgan fingerprint density at radius 3 is 2.16 bits per heavy atom. The number of benzene rings is 3. The number of nitrogens with one attached hydrogen (secondary N) is 1. The molecule has 3 aromatic rings. The predicted molar refractivity (Wildman–Crippen MR) is 155 cm³/mol. The highest BCUT2D eigenvalue weighted by atomic mass is 32.2. The van der Waals surface area contributed by atoms with Crippen molar-refractivity contribution in [3.8, 4) is 11.5 Å². The first-order valence-corrected chi connectivity index (χ1v) is 15.0. The summed E-state index contributed by atoms with van der Waals surface area (Å²) in [7, 11) is -1.15. The van der Waals surface area contributed by atoms with E-state index in [2.05, 4.69) is 36.5 Å². The number of methoxy groups -OCH3 is 2. The van der Waals surface area contributed by atoms with Gasteiger partial charge >= 0.3 is 0 Å². The molecule has 9 heteroatoms. The molecule has 0 atom stereocenters. The normalized spacial score (nSPS) is 11.2. The van der Waals surface area contributed by atoms with Crippen molar-refractivity contribution in [2.24, 2.45) is 0 Å². The Morgan fingerprint density at radius 1 is 0.868 bits per heavy atom. The van der Waals surface area contributed by atoms with Crippen LogP contribution in [0.1, 0.15) is 28.7 Å². The maximum atomic E-state index is 13.8. The first-order chi connectivity index (χ1) is 18.1. The standard InChI is InChI=1S/C29H36N2O5S2/c1-21-7-9-24(10-8-21)20-37-14-6-13-30-29(32)19-31(25-16-22(2)15-23(3)17-25)38(33,34)26-11-12-27(35-4)28(18-26)36-5/h7-12,15-18H,6,13-14,19-20H2,1-5H3,(H,30,32). The fourth-order valence-corrected chi connectivity index (χ4v) is 6.32. The summed E-state index contributed by atoms with van der Waals surface area (Å²) in [6, 6.07) is 18.4. The zero-order chi connectivity index (χ0) is 27.7. The second-order valence-electron chi connectivity index (χ2n) is 9.12. The molecule has 0 saturated carbocycles. The van der Waals surface area contributed by atoms with E-state index in [9.17, 15) is 13.2 Å². The molecule has 1 amide bonds. The zero-order valence-electron chi connectivity index (χ0n) is 22.6. The number of ether oxygens (including phenoxy) is 2. The van der Waals surface area contributed by atoms with Gasteiger partial charge in [0.25, 0.3) is 10.0 Å². The average molecular weight is 557 g/mol. The van der Waals surface area contributed by atoms with Crippen molar-refractivity contribution in [1.29, 1.82) is 0 Å². The summed E-state index contributed by atoms with van der Waals surface area (Å²) in [4.78, 5) is 12.9. The number of aryl methyl sites for hydroxylation is 3. The number of thioether (sulfide) groups is 1. The van der Waals surface area contributed by atoms with Crippen LogP contribution in [0.5, 0.6) is 11.5 Å². The van der Waals surface area contributed by atoms with Crippen LogP contribution in [0.3, 0.4) is 0 Å². The summed E-state index contributed by atoms with van der Waals surface area (Å²) in [5.41, 5.74) is 4.75. The predicted octanol–water partition coefficient (Wildman–Crippen LogP) is 5.26. The minimum absolute atomic E-state index is 0.00890. The first-order valence-electron chi connectivity index (χ1n) is 12.4. The van der Waals surface area contributed by atoms with Crippen molar-refractivity contribution in [3.63, 3.8) is 0 Å². The fourth-order valence-electron chi connectivity index (χ4n) is 3.98. The average Bonchev–Trinajstić information content (AvgIpc) is 2.89. The largest absolute Gasteiger partial charge is 0.493 e. The fraction of sp³-hybridized carbons (Fsp3) is 0.345. The molecule has 0 aliphatic rings. The summed E-state index contributed by atoms with van der Waals surface area (Å²) in [5.74, 6) is 2.15. The zero-order valence-corrected chi connectivity index (χ0v) is 24.2. The van der Waals surface area contributed by atoms with Crippen LogP contribution in [-0.2, 0) is 20.6 Å². The maximum absolute atomic E-state index is 13.8. The van der Waals surface area contributed by atoms with Crippen molar-refractivity contribution in [1.82, 2.24) is 5.32 Å². The van der Waals surface area contributed by atoms with Crippen LogP contribution >= 0.6 is 11.8 Å². The molecule has 1 N–H and O–H groups in total. The lowest BCUT2D eigenvalue weighted by Gasteiger charge is -2.25. The molecule has 0 aliphatic carbocycles. The Hall–Kier alpha value is -3.17. The molecule has 7 nitrogen and oxygen atoms in total. The monoisotopic (exact) mass is 556 g/mol. The Balaban J connectivity index is 1.69. The molecule has 0 radical (unpaired) electrons. The van der Waals surface area contributed by atoms with Gasteiger partial charge < -0.3 is 14.8 Å². The molecule has 3 aromatic carbocycles. The van der Waals surface area contributed by atoms with Gasteiger partial charge in [0.05, 0.1) is 24.8 Å². The van der Waals surface area contributed by atoms with Crippen LogP contribution in [0.25, 0.3) is 0 Å². The highest BCUT2D eigenvalue weighted by molar-refractivity contribution is 7.98. The number of sulfonamides is 1. The van der Waals surface area contributed by atoms with Crippen LogP contribution in [0, 0.1) is 20.8 Å². The molecule has 0 fully saturated rings. The van der Waals surface area contributed by atoms with Crippen molar-refractivity contribution in [2.75, 3.05) is 37.4 Å². The molecule has 0 heterocycles. The van der Waals surface area contributed by atoms with E-state index >= 15 is 0 Å². The van der Waals surface area contributed by atoms with E-state index in [0.717, 1.165) is 33.4 Å². The molecule has 0 saturated heterocycles. The number of amides is 1. The van der Waals surface area contributed by atoms with Gasteiger partial charge in [0.15, 0.2) is 11.5 Å². The quantitative estimate of drug-likeness (QED) is 0.289. The summed E-state index contributed by atoms with van der Waals surface area (Å²) in [6.45, 7) is 5.99. The second kappa shape index (κ2) is 13.6. The summed E-state index contributed by atoms with van der Waals surface area (Å²) < 4.78 is 39.3. The lowest BCUT2D eigenvalue weighted by molar-refractivity contribution is -0.119. The third kappa shape index (κ3) is 7.91. The van der Waals surface area contributed by atoms with E-state index in [4.69, 9.17) is 9.47 Å². The van der Waals surface area contributed by atoms with E-state index in [0.29, 0.717) is 23.7 Å². The van der Waals surface area contributed by atoms with Crippen LogP contribution in [-0.4, -0.2) is 47.4 Å². The van der Waals surface area contributed by atoms with Crippen molar-refractivity contribution in [2.45, 2.75) is 37.8 Å². The molecular formula is C29H36N2O5S2. The molecule has 204 valence electrons. The Morgan fingerprint density at radius 2 is 1.53 bits per heavy atom. The second-order valence-corrected chi connectivity index (χ2v) is 12.1. The highest BCUT2D eigenvalue weighted by Gasteiger charge is 2.28. The molecule has 38 heavy (non-hydrogen) atoms. The third-order valence-corrected chi connectivity index (χ3v) is 8.79. The van der Waals surface area contributed by atoms with Crippen LogP contribution in [0.2, 0.25) is 0 Å². The van der Waals surface area contributed by atoms with E-state index < -0.39 is 10.0 Å². The van der Waals surface area contributed by atoms with Crippen LogP contribution < -0.4 is 19.1 Å². The smallest absolute Gasteiger partial charge is 0.264 e. The number of hydrogen-bond acceptors (Lipinski definition) is 6. The minimum Gasteiger partial charge on any atom is -0.493 e. The Kier molecular flexibility index (Phi) is 10.5. The van der Waals surface area contributed by atoms with Gasteiger partial charge in [-0.2, -0.15) is 11.8 Å². The number of rotatable bonds is 13. The highest BCUT2D eigenvalue weighted by Crippen LogP contribution is 2.32. The van der Waals surface area contributed by atoms with E-state index in [1.54, 1.807) is 30.0 Å². The number of carbonyl (C=O) groups excluding carboxylic acids is 1. The SMILES string of the molecule is COc1ccc(S(=O)(=O)N(CC(=O)NCCCSCc2ccc(C)cc2)c2cc(C)cc(C)c2)cc1OC. The van der Waals surface area contributed by atoms with Gasteiger partial charge in [0.2, 0.25) is 5.91 Å². The topological polar surface area (TPSA) is 84.9 Å². The van der Waals surface area contributed by atoms with E-state index in [1.165, 1.54) is 37.5 Å². The summed E-state index contributed by atoms with van der Waals surface area (Å²) in [5, 5.41) is 2.88. The van der Waals surface area contributed by atoms with Crippen molar-refractivity contribution in [3.05, 3.63) is 82.9 Å². The molecule has 0 aromatic heterocycles. The van der Waals surface area contributed by atoms with Crippen LogP contribution in [0.4, 0.5) is 5.69 Å². The number of nitrogens with zero attached hydrogens (tertiary/aromatic N) is 1. The van der Waals surface area contributed by atoms with Crippen molar-refractivity contribution >= 4 is 33.4 Å². The van der Waals surface area contributed by atoms with Gasteiger partial charge in [-0.15, -0.1) is 0 Å². The van der Waals surface area contributed by atoms with Gasteiger partial charge in [0.1, 0.15) is 6.54 Å².